The van der Waals surface area contributed by atoms with Gasteiger partial charge in [-0.1, -0.05) is 0 Å². The summed E-state index contributed by atoms with van der Waals surface area (Å²) in [6, 6.07) is 0.890. The van der Waals surface area contributed by atoms with E-state index in [9.17, 15) is 14.7 Å². The second-order valence-electron chi connectivity index (χ2n) is 6.94. The minimum Gasteiger partial charge on any atom is -0.481 e. The Morgan fingerprint density at radius 3 is 2.19 bits per heavy atom. The molecule has 1 atom stereocenters. The second-order valence-corrected chi connectivity index (χ2v) is 6.94. The molecule has 0 aromatic carbocycles. The van der Waals surface area contributed by atoms with Gasteiger partial charge in [-0.3, -0.25) is 4.79 Å². The molecule has 1 amide bonds. The monoisotopic (exact) mass is 364 g/mol. The molecular weight excluding hydrogens is 340 g/mol. The quantitative estimate of drug-likeness (QED) is 0.836. The third kappa shape index (κ3) is 3.38. The van der Waals surface area contributed by atoms with Crippen LogP contribution in [0.3, 0.4) is 0 Å². The molecule has 142 valence electrons. The molecule has 9 heteroatoms. The number of piperidine rings is 1. The first kappa shape index (κ1) is 18.2. The number of rotatable bonds is 4. The Morgan fingerprint density at radius 1 is 1.19 bits per heavy atom. The van der Waals surface area contributed by atoms with E-state index in [4.69, 9.17) is 9.47 Å². The molecule has 0 unspecified atom stereocenters. The Balaban J connectivity index is 1.73. The van der Waals surface area contributed by atoms with Crippen molar-refractivity contribution >= 4 is 17.8 Å². The topological polar surface area (TPSA) is 105 Å². The van der Waals surface area contributed by atoms with E-state index in [1.165, 1.54) is 26.0 Å². The number of aromatic nitrogens is 2. The summed E-state index contributed by atoms with van der Waals surface area (Å²) in [6.45, 7) is 3.30. The number of ether oxygens (including phenoxy) is 2. The highest BCUT2D eigenvalue weighted by Gasteiger charge is 2.49. The van der Waals surface area contributed by atoms with E-state index in [0.29, 0.717) is 43.8 Å². The lowest BCUT2D eigenvalue weighted by Gasteiger charge is -2.39. The fourth-order valence-corrected chi connectivity index (χ4v) is 3.89. The van der Waals surface area contributed by atoms with Crippen LogP contribution in [0.5, 0.6) is 11.8 Å². The summed E-state index contributed by atoms with van der Waals surface area (Å²) in [5, 5.41) is 9.44. The number of hydrogen-bond acceptors (Lipinski definition) is 7. The molecule has 3 rings (SSSR count). The number of carbonyl (C=O) groups is 2. The number of hydrogen-bond donors (Lipinski definition) is 1. The van der Waals surface area contributed by atoms with Crippen LogP contribution in [0.15, 0.2) is 6.07 Å². The summed E-state index contributed by atoms with van der Waals surface area (Å²) in [5.74, 6) is 0.286. The van der Waals surface area contributed by atoms with Gasteiger partial charge in [-0.2, -0.15) is 9.97 Å². The van der Waals surface area contributed by atoms with Gasteiger partial charge in [0.2, 0.25) is 23.6 Å². The van der Waals surface area contributed by atoms with Gasteiger partial charge in [-0.15, -0.1) is 0 Å². The van der Waals surface area contributed by atoms with Crippen molar-refractivity contribution in [2.24, 2.45) is 5.41 Å². The number of anilines is 1. The molecule has 9 nitrogen and oxygen atoms in total. The Kier molecular flexibility index (Phi) is 4.88. The summed E-state index contributed by atoms with van der Waals surface area (Å²) >= 11 is 0. The summed E-state index contributed by atoms with van der Waals surface area (Å²) in [5.41, 5.74) is -0.159. The number of amides is 1. The molecule has 2 aliphatic rings. The van der Waals surface area contributed by atoms with Crippen molar-refractivity contribution in [1.29, 1.82) is 0 Å². The average molecular weight is 364 g/mol. The Labute approximate surface area is 151 Å². The van der Waals surface area contributed by atoms with Crippen LogP contribution >= 0.6 is 0 Å². The maximum atomic E-state index is 11.8. The van der Waals surface area contributed by atoms with Crippen molar-refractivity contribution in [3.05, 3.63) is 6.07 Å². The second kappa shape index (κ2) is 6.97. The largest absolute Gasteiger partial charge is 0.481 e. The van der Waals surface area contributed by atoms with Crippen LogP contribution in [0.4, 0.5) is 5.95 Å². The smallest absolute Gasteiger partial charge is 0.326 e. The SMILES string of the molecule is COc1cc(OC)nc(N2CCC3(CC2)C[C@@H](C(=O)O)N(C(C)=O)C3)n1. The lowest BCUT2D eigenvalue weighted by atomic mass is 9.76. The predicted molar refractivity (Wildman–Crippen MR) is 92.4 cm³/mol. The number of methoxy groups -OCH3 is 2. The fourth-order valence-electron chi connectivity index (χ4n) is 3.89. The van der Waals surface area contributed by atoms with E-state index in [1.807, 2.05) is 4.90 Å². The first-order chi connectivity index (χ1) is 12.4. The third-order valence-corrected chi connectivity index (χ3v) is 5.39. The highest BCUT2D eigenvalue weighted by molar-refractivity contribution is 5.83. The molecule has 2 fully saturated rings. The van der Waals surface area contributed by atoms with Crippen LogP contribution in [0.25, 0.3) is 0 Å². The molecule has 0 radical (unpaired) electrons. The Bertz CT molecular complexity index is 656. The molecule has 1 spiro atoms. The zero-order valence-electron chi connectivity index (χ0n) is 15.3. The summed E-state index contributed by atoms with van der Waals surface area (Å²) in [4.78, 5) is 35.6. The van der Waals surface area contributed by atoms with Gasteiger partial charge in [-0.05, 0) is 24.7 Å². The lowest BCUT2D eigenvalue weighted by molar-refractivity contribution is -0.147. The first-order valence-corrected chi connectivity index (χ1v) is 8.59. The van der Waals surface area contributed by atoms with E-state index in [2.05, 4.69) is 9.97 Å². The van der Waals surface area contributed by atoms with E-state index >= 15 is 0 Å². The van der Waals surface area contributed by atoms with Crippen molar-refractivity contribution < 1.29 is 24.2 Å². The third-order valence-electron chi connectivity index (χ3n) is 5.39. The van der Waals surface area contributed by atoms with E-state index < -0.39 is 12.0 Å². The van der Waals surface area contributed by atoms with E-state index in [-0.39, 0.29) is 11.3 Å². The predicted octanol–water partition coefficient (Wildman–Crippen LogP) is 0.786. The first-order valence-electron chi connectivity index (χ1n) is 8.59. The number of carbonyl (C=O) groups excluding carboxylic acids is 1. The molecule has 1 aromatic heterocycles. The van der Waals surface area contributed by atoms with Gasteiger partial charge in [0.05, 0.1) is 20.3 Å². The molecule has 1 aromatic rings. The summed E-state index contributed by atoms with van der Waals surface area (Å²) in [6.07, 6.45) is 2.06. The number of carboxylic acids is 1. The highest BCUT2D eigenvalue weighted by Crippen LogP contribution is 2.44. The Hall–Kier alpha value is -2.58. The van der Waals surface area contributed by atoms with Crippen molar-refractivity contribution in [1.82, 2.24) is 14.9 Å². The molecule has 0 saturated carbocycles. The minimum absolute atomic E-state index is 0.159. The molecular formula is C17H24N4O5. The normalized spacial score (nSPS) is 21.7. The molecule has 1 N–H and O–H groups in total. The maximum absolute atomic E-state index is 11.8. The van der Waals surface area contributed by atoms with Crippen LogP contribution in [-0.2, 0) is 9.59 Å². The highest BCUT2D eigenvalue weighted by atomic mass is 16.5. The lowest BCUT2D eigenvalue weighted by Crippen LogP contribution is -2.43. The number of likely N-dealkylation sites (tertiary alicyclic amines) is 1. The van der Waals surface area contributed by atoms with Gasteiger partial charge in [-0.25, -0.2) is 4.79 Å². The molecule has 2 aliphatic heterocycles. The molecule has 2 saturated heterocycles. The van der Waals surface area contributed by atoms with E-state index in [1.54, 1.807) is 6.07 Å². The standard InChI is InChI=1S/C17H24N4O5/c1-11(22)21-10-17(9-12(21)15(23)24)4-6-20(7-5-17)16-18-13(25-2)8-14(19-16)26-3/h8,12H,4-7,9-10H2,1-3H3,(H,23,24)/t12-/m0/s1. The molecule has 3 heterocycles. The van der Waals surface area contributed by atoms with Gasteiger partial charge in [0, 0.05) is 26.6 Å². The van der Waals surface area contributed by atoms with Crippen molar-refractivity contribution in [2.75, 3.05) is 38.8 Å². The van der Waals surface area contributed by atoms with E-state index in [0.717, 1.165) is 12.8 Å². The van der Waals surface area contributed by atoms with Crippen LogP contribution in [0.2, 0.25) is 0 Å². The van der Waals surface area contributed by atoms with Crippen molar-refractivity contribution in [3.8, 4) is 11.8 Å². The van der Waals surface area contributed by atoms with Gasteiger partial charge < -0.3 is 24.4 Å². The van der Waals surface area contributed by atoms with Crippen molar-refractivity contribution in [2.45, 2.75) is 32.2 Å². The van der Waals surface area contributed by atoms with Gasteiger partial charge in [0.25, 0.3) is 0 Å². The Morgan fingerprint density at radius 2 is 1.77 bits per heavy atom. The number of nitrogens with zero attached hydrogens (tertiary/aromatic N) is 4. The van der Waals surface area contributed by atoms with Crippen molar-refractivity contribution in [3.63, 3.8) is 0 Å². The minimum atomic E-state index is -0.930. The van der Waals surface area contributed by atoms with Gasteiger partial charge in [0.15, 0.2) is 0 Å². The zero-order chi connectivity index (χ0) is 18.9. The van der Waals surface area contributed by atoms with Crippen LogP contribution in [0.1, 0.15) is 26.2 Å². The van der Waals surface area contributed by atoms with Crippen LogP contribution in [0, 0.1) is 5.41 Å². The van der Waals surface area contributed by atoms with Gasteiger partial charge >= 0.3 is 5.97 Å². The summed E-state index contributed by atoms with van der Waals surface area (Å²) < 4.78 is 10.4. The molecule has 0 bridgehead atoms. The number of carboxylic acid groups (broad SMARTS) is 1. The maximum Gasteiger partial charge on any atom is 0.326 e. The summed E-state index contributed by atoms with van der Waals surface area (Å²) in [7, 11) is 3.08. The number of aliphatic carboxylic acids is 1. The average Bonchev–Trinajstić information content (AvgIpc) is 3.01. The molecule has 26 heavy (non-hydrogen) atoms. The van der Waals surface area contributed by atoms with Crippen LogP contribution < -0.4 is 14.4 Å². The fraction of sp³-hybridized carbons (Fsp3) is 0.647. The zero-order valence-corrected chi connectivity index (χ0v) is 15.3. The van der Waals surface area contributed by atoms with Crippen LogP contribution in [-0.4, -0.2) is 71.7 Å². The van der Waals surface area contributed by atoms with Gasteiger partial charge in [0.1, 0.15) is 6.04 Å². The molecule has 0 aliphatic carbocycles.